The number of hydrogen-bond acceptors (Lipinski definition) is 4. The van der Waals surface area contributed by atoms with E-state index < -0.39 is 0 Å². The topological polar surface area (TPSA) is 50.4 Å². The molecule has 1 aliphatic heterocycles. The van der Waals surface area contributed by atoms with Gasteiger partial charge in [-0.1, -0.05) is 0 Å². The number of benzene rings is 1. The summed E-state index contributed by atoms with van der Waals surface area (Å²) in [6.07, 6.45) is 6.57. The van der Waals surface area contributed by atoms with E-state index in [-0.39, 0.29) is 5.82 Å². The number of aromatic amines is 1. The lowest BCUT2D eigenvalue weighted by Crippen LogP contribution is -2.25. The first-order valence-electron chi connectivity index (χ1n) is 9.37. The Labute approximate surface area is 158 Å². The fourth-order valence-electron chi connectivity index (χ4n) is 3.64. The predicted octanol–water partition coefficient (Wildman–Crippen LogP) is 3.78. The molecule has 0 radical (unpaired) electrons. The molecule has 5 nitrogen and oxygen atoms in total. The summed E-state index contributed by atoms with van der Waals surface area (Å²) in [6, 6.07) is 7.04. The number of aromatic nitrogens is 2. The molecule has 0 bridgehead atoms. The van der Waals surface area contributed by atoms with Crippen LogP contribution in [0.2, 0.25) is 0 Å². The first-order valence-corrected chi connectivity index (χ1v) is 9.37. The van der Waals surface area contributed by atoms with Crippen LogP contribution in [0.5, 0.6) is 11.5 Å². The highest BCUT2D eigenvalue weighted by atomic mass is 19.1. The smallest absolute Gasteiger partial charge is 0.164 e. The standard InChI is InChI=1S/C21H24FN3O2/c1-26-19-12-15(11-16-14-24-21-17(16)5-4-6-23-21)18(22)13-20(19)27-10-9-25-7-2-3-8-25/h4-6,12-14H,2-3,7-11H2,1H3,(H,23,24). The highest BCUT2D eigenvalue weighted by Gasteiger charge is 2.15. The lowest BCUT2D eigenvalue weighted by molar-refractivity contribution is 0.229. The Morgan fingerprint density at radius 1 is 1.19 bits per heavy atom. The van der Waals surface area contributed by atoms with Crippen LogP contribution >= 0.6 is 0 Å². The van der Waals surface area contributed by atoms with E-state index >= 15 is 0 Å². The second-order valence-electron chi connectivity index (χ2n) is 6.88. The molecule has 4 rings (SSSR count). The van der Waals surface area contributed by atoms with Crippen LogP contribution in [0.1, 0.15) is 24.0 Å². The second kappa shape index (κ2) is 7.96. The number of nitrogens with zero attached hydrogens (tertiary/aromatic N) is 2. The van der Waals surface area contributed by atoms with Gasteiger partial charge in [0, 0.05) is 36.8 Å². The maximum atomic E-state index is 14.7. The molecular weight excluding hydrogens is 345 g/mol. The molecule has 1 aliphatic rings. The summed E-state index contributed by atoms with van der Waals surface area (Å²) in [4.78, 5) is 9.77. The number of nitrogens with one attached hydrogen (secondary N) is 1. The van der Waals surface area contributed by atoms with E-state index in [2.05, 4.69) is 14.9 Å². The monoisotopic (exact) mass is 369 g/mol. The van der Waals surface area contributed by atoms with Crippen LogP contribution in [0.25, 0.3) is 11.0 Å². The van der Waals surface area contributed by atoms with Crippen LogP contribution in [0.3, 0.4) is 0 Å². The number of ether oxygens (including phenoxy) is 2. The third kappa shape index (κ3) is 3.90. The van der Waals surface area contributed by atoms with Gasteiger partial charge in [0.05, 0.1) is 7.11 Å². The van der Waals surface area contributed by atoms with E-state index in [0.717, 1.165) is 36.2 Å². The Hall–Kier alpha value is -2.60. The molecule has 0 saturated carbocycles. The highest BCUT2D eigenvalue weighted by Crippen LogP contribution is 2.32. The van der Waals surface area contributed by atoms with Crippen molar-refractivity contribution in [2.45, 2.75) is 19.3 Å². The molecule has 1 fully saturated rings. The van der Waals surface area contributed by atoms with Gasteiger partial charge < -0.3 is 14.5 Å². The van der Waals surface area contributed by atoms with Gasteiger partial charge in [0.1, 0.15) is 18.1 Å². The van der Waals surface area contributed by atoms with Gasteiger partial charge in [-0.25, -0.2) is 9.37 Å². The summed E-state index contributed by atoms with van der Waals surface area (Å²) < 4.78 is 26.0. The number of H-pyrrole nitrogens is 1. The van der Waals surface area contributed by atoms with Gasteiger partial charge in [-0.3, -0.25) is 4.90 Å². The number of fused-ring (bicyclic) bond motifs is 1. The molecule has 0 atom stereocenters. The first-order chi connectivity index (χ1) is 13.2. The normalized spacial score (nSPS) is 14.7. The van der Waals surface area contributed by atoms with Gasteiger partial charge >= 0.3 is 0 Å². The van der Waals surface area contributed by atoms with Gasteiger partial charge in [0.25, 0.3) is 0 Å². The van der Waals surface area contributed by atoms with Crippen molar-refractivity contribution in [3.8, 4) is 11.5 Å². The SMILES string of the molecule is COc1cc(Cc2c[nH]c3ncccc23)c(F)cc1OCCN1CCCC1. The zero-order valence-electron chi connectivity index (χ0n) is 15.5. The molecule has 2 aromatic heterocycles. The van der Waals surface area contributed by atoms with Crippen molar-refractivity contribution in [1.82, 2.24) is 14.9 Å². The summed E-state index contributed by atoms with van der Waals surface area (Å²) in [5.74, 6) is 0.731. The van der Waals surface area contributed by atoms with Crippen LogP contribution in [-0.4, -0.2) is 48.2 Å². The maximum absolute atomic E-state index is 14.7. The molecule has 1 aromatic carbocycles. The highest BCUT2D eigenvalue weighted by molar-refractivity contribution is 5.79. The van der Waals surface area contributed by atoms with E-state index in [0.29, 0.717) is 30.1 Å². The Morgan fingerprint density at radius 2 is 2.04 bits per heavy atom. The minimum atomic E-state index is -0.287. The molecule has 0 spiro atoms. The number of rotatable bonds is 7. The Kier molecular flexibility index (Phi) is 5.25. The van der Waals surface area contributed by atoms with E-state index in [1.807, 2.05) is 18.3 Å². The average molecular weight is 369 g/mol. The summed E-state index contributed by atoms with van der Waals surface area (Å²) in [5, 5.41) is 1.00. The summed E-state index contributed by atoms with van der Waals surface area (Å²) in [6.45, 7) is 3.62. The number of hydrogen-bond donors (Lipinski definition) is 1. The average Bonchev–Trinajstić information content (AvgIpc) is 3.34. The first kappa shape index (κ1) is 17.8. The van der Waals surface area contributed by atoms with Crippen molar-refractivity contribution >= 4 is 11.0 Å². The number of pyridine rings is 1. The largest absolute Gasteiger partial charge is 0.493 e. The molecule has 27 heavy (non-hydrogen) atoms. The van der Waals surface area contributed by atoms with Gasteiger partial charge in [-0.05, 0) is 55.3 Å². The molecule has 0 unspecified atom stereocenters. The lowest BCUT2D eigenvalue weighted by Gasteiger charge is -2.17. The van der Waals surface area contributed by atoms with Gasteiger partial charge in [-0.15, -0.1) is 0 Å². The van der Waals surface area contributed by atoms with Crippen molar-refractivity contribution in [3.05, 3.63) is 53.6 Å². The van der Waals surface area contributed by atoms with Gasteiger partial charge in [-0.2, -0.15) is 0 Å². The third-order valence-electron chi connectivity index (χ3n) is 5.11. The molecule has 1 saturated heterocycles. The Balaban J connectivity index is 1.50. The van der Waals surface area contributed by atoms with Gasteiger partial charge in [0.2, 0.25) is 0 Å². The number of methoxy groups -OCH3 is 1. The summed E-state index contributed by atoms with van der Waals surface area (Å²) in [5.41, 5.74) is 2.38. The van der Waals surface area contributed by atoms with Crippen LogP contribution in [-0.2, 0) is 6.42 Å². The van der Waals surface area contributed by atoms with Crippen LogP contribution in [0.15, 0.2) is 36.7 Å². The van der Waals surface area contributed by atoms with Crippen molar-refractivity contribution < 1.29 is 13.9 Å². The maximum Gasteiger partial charge on any atom is 0.164 e. The minimum absolute atomic E-state index is 0.287. The molecular formula is C21H24FN3O2. The van der Waals surface area contributed by atoms with Crippen molar-refractivity contribution in [2.24, 2.45) is 0 Å². The second-order valence-corrected chi connectivity index (χ2v) is 6.88. The van der Waals surface area contributed by atoms with Crippen LogP contribution in [0.4, 0.5) is 4.39 Å². The molecule has 0 amide bonds. The predicted molar refractivity (Wildman–Crippen MR) is 103 cm³/mol. The number of likely N-dealkylation sites (tertiary alicyclic amines) is 1. The number of halogens is 1. The Morgan fingerprint density at radius 3 is 2.85 bits per heavy atom. The van der Waals surface area contributed by atoms with Crippen molar-refractivity contribution in [1.29, 1.82) is 0 Å². The molecule has 3 heterocycles. The van der Waals surface area contributed by atoms with Crippen LogP contribution < -0.4 is 9.47 Å². The van der Waals surface area contributed by atoms with Crippen molar-refractivity contribution in [3.63, 3.8) is 0 Å². The fourth-order valence-corrected chi connectivity index (χ4v) is 3.64. The Bertz CT molecular complexity index is 919. The van der Waals surface area contributed by atoms with Crippen LogP contribution in [0, 0.1) is 5.82 Å². The fraction of sp³-hybridized carbons (Fsp3) is 0.381. The lowest BCUT2D eigenvalue weighted by atomic mass is 10.0. The summed E-state index contributed by atoms with van der Waals surface area (Å²) in [7, 11) is 1.58. The third-order valence-corrected chi connectivity index (χ3v) is 5.11. The minimum Gasteiger partial charge on any atom is -0.493 e. The zero-order chi connectivity index (χ0) is 18.6. The van der Waals surface area contributed by atoms with E-state index in [1.165, 1.54) is 18.9 Å². The van der Waals surface area contributed by atoms with Gasteiger partial charge in [0.15, 0.2) is 11.5 Å². The summed E-state index contributed by atoms with van der Waals surface area (Å²) >= 11 is 0. The quantitative estimate of drug-likeness (QED) is 0.689. The molecule has 3 aromatic rings. The van der Waals surface area contributed by atoms with Crippen molar-refractivity contribution in [2.75, 3.05) is 33.4 Å². The van der Waals surface area contributed by atoms with E-state index in [9.17, 15) is 4.39 Å². The molecule has 1 N–H and O–H groups in total. The van der Waals surface area contributed by atoms with E-state index in [1.54, 1.807) is 19.4 Å². The molecule has 0 aliphatic carbocycles. The van der Waals surface area contributed by atoms with E-state index in [4.69, 9.17) is 9.47 Å². The molecule has 6 heteroatoms. The zero-order valence-corrected chi connectivity index (χ0v) is 15.5. The molecule has 142 valence electrons.